The van der Waals surface area contributed by atoms with Gasteiger partial charge in [-0.05, 0) is 49.3 Å². The quantitative estimate of drug-likeness (QED) is 0.305. The zero-order valence-electron chi connectivity index (χ0n) is 18.1. The maximum atomic E-state index is 5.92. The van der Waals surface area contributed by atoms with Crippen LogP contribution in [-0.4, -0.2) is 16.6 Å². The summed E-state index contributed by atoms with van der Waals surface area (Å²) < 4.78 is 5.92. The predicted octanol–water partition coefficient (Wildman–Crippen LogP) is 7.45. The molecule has 0 aliphatic rings. The van der Waals surface area contributed by atoms with Crippen molar-refractivity contribution in [3.05, 3.63) is 48.0 Å². The summed E-state index contributed by atoms with van der Waals surface area (Å²) in [5.41, 5.74) is 1.48. The second-order valence-electron chi connectivity index (χ2n) is 7.95. The van der Waals surface area contributed by atoms with Crippen molar-refractivity contribution >= 4 is 0 Å². The minimum atomic E-state index is 0.678. The Morgan fingerprint density at radius 1 is 0.857 bits per heavy atom. The van der Waals surface area contributed by atoms with Gasteiger partial charge in [0.05, 0.1) is 6.61 Å². The monoisotopic (exact) mass is 384 g/mol. The van der Waals surface area contributed by atoms with Crippen LogP contribution in [0.1, 0.15) is 102 Å². The van der Waals surface area contributed by atoms with Crippen LogP contribution >= 0.6 is 0 Å². The molecule has 2 aromatic rings. The minimum Gasteiger partial charge on any atom is -0.494 e. The van der Waals surface area contributed by atoms with Crippen molar-refractivity contribution in [2.75, 3.05) is 6.61 Å². The molecule has 0 spiro atoms. The number of ether oxygens (including phenoxy) is 1. The number of nitrogens with zero attached hydrogens (tertiary/aromatic N) is 1. The second kappa shape index (κ2) is 14.3. The molecule has 0 radical (unpaired) electrons. The number of H-pyrrole nitrogens is 1. The number of hydrogen-bond donors (Lipinski definition) is 1. The van der Waals surface area contributed by atoms with Crippen molar-refractivity contribution in [2.45, 2.75) is 96.8 Å². The molecule has 3 heteroatoms. The first kappa shape index (κ1) is 22.5. The van der Waals surface area contributed by atoms with Gasteiger partial charge < -0.3 is 9.72 Å². The van der Waals surface area contributed by atoms with Gasteiger partial charge in [-0.1, -0.05) is 70.9 Å². The van der Waals surface area contributed by atoms with E-state index in [1.165, 1.54) is 69.8 Å². The van der Waals surface area contributed by atoms with Crippen molar-refractivity contribution in [1.82, 2.24) is 9.97 Å². The smallest absolute Gasteiger partial charge is 0.119 e. The maximum Gasteiger partial charge on any atom is 0.119 e. The number of hydrogen-bond acceptors (Lipinski definition) is 2. The molecule has 28 heavy (non-hydrogen) atoms. The highest BCUT2D eigenvalue weighted by molar-refractivity contribution is 5.29. The number of aromatic amines is 1. The number of imidazole rings is 1. The third-order valence-corrected chi connectivity index (χ3v) is 5.53. The van der Waals surface area contributed by atoms with Crippen LogP contribution in [0.15, 0.2) is 36.7 Å². The van der Waals surface area contributed by atoms with Gasteiger partial charge in [-0.25, -0.2) is 4.98 Å². The summed E-state index contributed by atoms with van der Waals surface area (Å²) in [6.45, 7) is 5.39. The summed E-state index contributed by atoms with van der Waals surface area (Å²) in [6, 6.07) is 8.91. The summed E-state index contributed by atoms with van der Waals surface area (Å²) in [5, 5.41) is 0. The van der Waals surface area contributed by atoms with Crippen LogP contribution < -0.4 is 4.74 Å². The molecule has 0 amide bonds. The SMILES string of the molecule is CCCCCCCOc1ccc(C(CCC)CCCCCc2ncc[nH]2)cc1. The summed E-state index contributed by atoms with van der Waals surface area (Å²) in [4.78, 5) is 7.50. The molecule has 0 saturated heterocycles. The fourth-order valence-corrected chi connectivity index (χ4v) is 3.85. The Morgan fingerprint density at radius 3 is 2.36 bits per heavy atom. The zero-order valence-corrected chi connectivity index (χ0v) is 18.1. The number of aryl methyl sites for hydroxylation is 1. The van der Waals surface area contributed by atoms with Crippen molar-refractivity contribution in [3.8, 4) is 5.75 Å². The van der Waals surface area contributed by atoms with E-state index in [0.717, 1.165) is 31.0 Å². The van der Waals surface area contributed by atoms with Gasteiger partial charge in [-0.3, -0.25) is 0 Å². The average molecular weight is 385 g/mol. The molecule has 0 fully saturated rings. The number of unbranched alkanes of at least 4 members (excludes halogenated alkanes) is 6. The molecule has 3 nitrogen and oxygen atoms in total. The van der Waals surface area contributed by atoms with E-state index in [-0.39, 0.29) is 0 Å². The molecule has 1 atom stereocenters. The van der Waals surface area contributed by atoms with Crippen molar-refractivity contribution in [2.24, 2.45) is 0 Å². The Morgan fingerprint density at radius 2 is 1.64 bits per heavy atom. The lowest BCUT2D eigenvalue weighted by molar-refractivity contribution is 0.304. The first-order valence-electron chi connectivity index (χ1n) is 11.5. The third-order valence-electron chi connectivity index (χ3n) is 5.53. The normalized spacial score (nSPS) is 12.2. The van der Waals surface area contributed by atoms with E-state index < -0.39 is 0 Å². The highest BCUT2D eigenvalue weighted by Crippen LogP contribution is 2.29. The first-order chi connectivity index (χ1) is 13.8. The number of rotatable bonds is 16. The van der Waals surface area contributed by atoms with Crippen LogP contribution in [0, 0.1) is 0 Å². The molecule has 0 saturated carbocycles. The van der Waals surface area contributed by atoms with E-state index in [1.807, 2.05) is 12.4 Å². The maximum absolute atomic E-state index is 5.92. The number of aromatic nitrogens is 2. The molecule has 0 aliphatic heterocycles. The number of nitrogens with one attached hydrogen (secondary N) is 1. The zero-order chi connectivity index (χ0) is 19.9. The van der Waals surface area contributed by atoms with Gasteiger partial charge >= 0.3 is 0 Å². The highest BCUT2D eigenvalue weighted by atomic mass is 16.5. The van der Waals surface area contributed by atoms with Crippen LogP contribution in [0.5, 0.6) is 5.75 Å². The van der Waals surface area contributed by atoms with E-state index in [9.17, 15) is 0 Å². The van der Waals surface area contributed by atoms with Crippen molar-refractivity contribution in [1.29, 1.82) is 0 Å². The van der Waals surface area contributed by atoms with Gasteiger partial charge in [0.1, 0.15) is 11.6 Å². The Balaban J connectivity index is 1.68. The number of benzene rings is 1. The topological polar surface area (TPSA) is 37.9 Å². The molecule has 0 bridgehead atoms. The van der Waals surface area contributed by atoms with Crippen LogP contribution in [0.2, 0.25) is 0 Å². The molecule has 1 unspecified atom stereocenters. The molecule has 1 aromatic heterocycles. The molecule has 1 N–H and O–H groups in total. The Hall–Kier alpha value is -1.77. The summed E-state index contributed by atoms with van der Waals surface area (Å²) in [6.07, 6.45) is 18.8. The average Bonchev–Trinajstić information content (AvgIpc) is 3.24. The molecule has 156 valence electrons. The summed E-state index contributed by atoms with van der Waals surface area (Å²) >= 11 is 0. The minimum absolute atomic E-state index is 0.678. The largest absolute Gasteiger partial charge is 0.494 e. The van der Waals surface area contributed by atoms with E-state index in [2.05, 4.69) is 48.1 Å². The molecule has 1 heterocycles. The Bertz CT molecular complexity index is 592. The van der Waals surface area contributed by atoms with Crippen molar-refractivity contribution < 1.29 is 4.74 Å². The lowest BCUT2D eigenvalue weighted by atomic mass is 9.89. The van der Waals surface area contributed by atoms with Crippen LogP contribution in [-0.2, 0) is 6.42 Å². The van der Waals surface area contributed by atoms with E-state index >= 15 is 0 Å². The van der Waals surface area contributed by atoms with Crippen molar-refractivity contribution in [3.63, 3.8) is 0 Å². The van der Waals surface area contributed by atoms with Gasteiger partial charge in [0, 0.05) is 18.8 Å². The lowest BCUT2D eigenvalue weighted by Gasteiger charge is -2.17. The van der Waals surface area contributed by atoms with E-state index in [1.54, 1.807) is 0 Å². The Kier molecular flexibility index (Phi) is 11.5. The second-order valence-corrected chi connectivity index (χ2v) is 7.95. The fraction of sp³-hybridized carbons (Fsp3) is 0.640. The van der Waals surface area contributed by atoms with Crippen LogP contribution in [0.25, 0.3) is 0 Å². The van der Waals surface area contributed by atoms with Gasteiger partial charge in [-0.15, -0.1) is 0 Å². The van der Waals surface area contributed by atoms with Crippen LogP contribution in [0.3, 0.4) is 0 Å². The molecule has 2 rings (SSSR count). The standard InChI is InChI=1S/C25H40N2O/c1-3-5-6-7-11-21-28-24-17-15-23(16-18-24)22(12-4-2)13-9-8-10-14-25-26-19-20-27-25/h15-20,22H,3-14,21H2,1-2H3,(H,26,27). The highest BCUT2D eigenvalue weighted by Gasteiger charge is 2.11. The van der Waals surface area contributed by atoms with E-state index in [4.69, 9.17) is 4.74 Å². The Labute approximate surface area is 172 Å². The van der Waals surface area contributed by atoms with Gasteiger partial charge in [0.2, 0.25) is 0 Å². The van der Waals surface area contributed by atoms with E-state index in [0.29, 0.717) is 5.92 Å². The molecular weight excluding hydrogens is 344 g/mol. The first-order valence-corrected chi connectivity index (χ1v) is 11.5. The molecule has 0 aliphatic carbocycles. The van der Waals surface area contributed by atoms with Crippen LogP contribution in [0.4, 0.5) is 0 Å². The molecular formula is C25H40N2O. The lowest BCUT2D eigenvalue weighted by Crippen LogP contribution is -2.01. The van der Waals surface area contributed by atoms with Gasteiger partial charge in [0.15, 0.2) is 0 Å². The summed E-state index contributed by atoms with van der Waals surface area (Å²) in [7, 11) is 0. The third kappa shape index (κ3) is 8.95. The van der Waals surface area contributed by atoms with Gasteiger partial charge in [0.25, 0.3) is 0 Å². The predicted molar refractivity (Wildman–Crippen MR) is 119 cm³/mol. The summed E-state index contributed by atoms with van der Waals surface area (Å²) in [5.74, 6) is 2.82. The van der Waals surface area contributed by atoms with Gasteiger partial charge in [-0.2, -0.15) is 0 Å². The fourth-order valence-electron chi connectivity index (χ4n) is 3.85. The molecule has 1 aromatic carbocycles.